The molecular weight excluding hydrogens is 413 g/mol. The number of carbonyl (C=O) groups excluding carboxylic acids is 2. The molecule has 1 atom stereocenters. The molecule has 1 aromatic carbocycles. The lowest BCUT2D eigenvalue weighted by Gasteiger charge is -2.12. The van der Waals surface area contributed by atoms with Crippen molar-refractivity contribution in [2.24, 2.45) is 0 Å². The van der Waals surface area contributed by atoms with Crippen LogP contribution < -0.4 is 16.0 Å². The van der Waals surface area contributed by atoms with E-state index in [9.17, 15) is 18.4 Å². The van der Waals surface area contributed by atoms with Crippen molar-refractivity contribution < 1.29 is 18.4 Å². The number of nitrogens with zero attached hydrogens (tertiary/aromatic N) is 1. The van der Waals surface area contributed by atoms with Gasteiger partial charge in [0.1, 0.15) is 0 Å². The van der Waals surface area contributed by atoms with Crippen LogP contribution in [0.5, 0.6) is 0 Å². The van der Waals surface area contributed by atoms with Gasteiger partial charge in [-0.1, -0.05) is 12.1 Å². The van der Waals surface area contributed by atoms with Crippen LogP contribution in [0.2, 0.25) is 0 Å². The van der Waals surface area contributed by atoms with Crippen LogP contribution in [0.25, 0.3) is 0 Å². The molecule has 6 nitrogen and oxygen atoms in total. The van der Waals surface area contributed by atoms with Gasteiger partial charge in [0.05, 0.1) is 18.2 Å². The maximum absolute atomic E-state index is 13.1. The van der Waals surface area contributed by atoms with Crippen LogP contribution >= 0.6 is 24.8 Å². The number of halogens is 4. The smallest absolute Gasteiger partial charge is 0.262 e. The van der Waals surface area contributed by atoms with E-state index < -0.39 is 30.8 Å². The number of nitrogens with one attached hydrogen (secondary N) is 3. The number of hydrogen-bond donors (Lipinski definition) is 3. The number of benzene rings is 1. The average Bonchev–Trinajstić information content (AvgIpc) is 3.01. The van der Waals surface area contributed by atoms with Gasteiger partial charge in [0.15, 0.2) is 0 Å². The van der Waals surface area contributed by atoms with Crippen LogP contribution in [0.3, 0.4) is 0 Å². The van der Waals surface area contributed by atoms with Crippen LogP contribution in [0.4, 0.5) is 14.5 Å². The zero-order chi connectivity index (χ0) is 18.6. The number of amides is 2. The molecule has 28 heavy (non-hydrogen) atoms. The normalized spacial score (nSPS) is 17.0. The molecule has 2 aromatic rings. The lowest BCUT2D eigenvalue weighted by Crippen LogP contribution is -2.40. The Kier molecular flexibility index (Phi) is 8.74. The zero-order valence-corrected chi connectivity index (χ0v) is 16.3. The van der Waals surface area contributed by atoms with Crippen molar-refractivity contribution in [2.45, 2.75) is 24.9 Å². The predicted molar refractivity (Wildman–Crippen MR) is 106 cm³/mol. The van der Waals surface area contributed by atoms with Gasteiger partial charge in [0.25, 0.3) is 11.8 Å². The Labute approximate surface area is 173 Å². The second kappa shape index (κ2) is 10.3. The number of pyridine rings is 1. The third-order valence-electron chi connectivity index (χ3n) is 4.03. The molecule has 1 fully saturated rings. The summed E-state index contributed by atoms with van der Waals surface area (Å²) < 4.78 is 26.2. The Morgan fingerprint density at radius 2 is 1.89 bits per heavy atom. The molecule has 2 amide bonds. The van der Waals surface area contributed by atoms with E-state index in [1.807, 2.05) is 0 Å². The van der Waals surface area contributed by atoms with Gasteiger partial charge in [-0.2, -0.15) is 0 Å². The van der Waals surface area contributed by atoms with Gasteiger partial charge in [-0.15, -0.1) is 24.8 Å². The maximum atomic E-state index is 13.1. The summed E-state index contributed by atoms with van der Waals surface area (Å²) in [5, 5.41) is 7.89. The van der Waals surface area contributed by atoms with Crippen LogP contribution in [-0.4, -0.2) is 35.3 Å². The highest BCUT2D eigenvalue weighted by atomic mass is 35.5. The molecule has 152 valence electrons. The Balaban J connectivity index is 0.00000196. The van der Waals surface area contributed by atoms with Crippen molar-refractivity contribution in [1.29, 1.82) is 0 Å². The molecule has 0 spiro atoms. The summed E-state index contributed by atoms with van der Waals surface area (Å²) in [4.78, 5) is 27.8. The van der Waals surface area contributed by atoms with E-state index in [4.69, 9.17) is 0 Å². The molecule has 2 heterocycles. The molecule has 1 aliphatic rings. The Hall–Kier alpha value is -2.29. The minimum Gasteiger partial charge on any atom is -0.351 e. The summed E-state index contributed by atoms with van der Waals surface area (Å²) in [6, 6.07) is 9.37. The van der Waals surface area contributed by atoms with E-state index in [0.717, 1.165) is 5.56 Å². The predicted octanol–water partition coefficient (Wildman–Crippen LogP) is 2.79. The summed E-state index contributed by atoms with van der Waals surface area (Å²) in [6.07, 6.45) is 2.57. The largest absolute Gasteiger partial charge is 0.351 e. The van der Waals surface area contributed by atoms with Crippen molar-refractivity contribution in [3.8, 4) is 0 Å². The highest BCUT2D eigenvalue weighted by molar-refractivity contribution is 6.04. The fraction of sp³-hybridized carbons (Fsp3) is 0.278. The van der Waals surface area contributed by atoms with Crippen LogP contribution in [0, 0.1) is 0 Å². The minimum absolute atomic E-state index is 0. The first-order valence-electron chi connectivity index (χ1n) is 8.12. The van der Waals surface area contributed by atoms with Crippen LogP contribution in [-0.2, 0) is 11.3 Å². The van der Waals surface area contributed by atoms with Crippen LogP contribution in [0.15, 0.2) is 48.8 Å². The number of alkyl halides is 2. The van der Waals surface area contributed by atoms with Crippen molar-refractivity contribution >= 4 is 42.3 Å². The molecule has 1 aromatic heterocycles. The SMILES string of the molecule is Cl.Cl.O=C(Nc1ccc(CNC(=O)C2CC(F)(F)CN2)cc1)c1cccnc1. The first-order valence-corrected chi connectivity index (χ1v) is 8.12. The molecule has 3 rings (SSSR count). The van der Waals surface area contributed by atoms with Gasteiger partial charge >= 0.3 is 0 Å². The van der Waals surface area contributed by atoms with Gasteiger partial charge in [-0.05, 0) is 29.8 Å². The second-order valence-electron chi connectivity index (χ2n) is 6.10. The zero-order valence-electron chi connectivity index (χ0n) is 14.7. The van der Waals surface area contributed by atoms with Gasteiger partial charge < -0.3 is 10.6 Å². The maximum Gasteiger partial charge on any atom is 0.262 e. The van der Waals surface area contributed by atoms with Crippen molar-refractivity contribution in [3.05, 3.63) is 59.9 Å². The van der Waals surface area contributed by atoms with E-state index in [0.29, 0.717) is 11.3 Å². The summed E-state index contributed by atoms with van der Waals surface area (Å²) >= 11 is 0. The van der Waals surface area contributed by atoms with Crippen molar-refractivity contribution in [1.82, 2.24) is 15.6 Å². The monoisotopic (exact) mass is 432 g/mol. The van der Waals surface area contributed by atoms with Gasteiger partial charge in [0.2, 0.25) is 5.91 Å². The first kappa shape index (κ1) is 23.7. The van der Waals surface area contributed by atoms with Crippen LogP contribution in [0.1, 0.15) is 22.3 Å². The Morgan fingerprint density at radius 3 is 2.46 bits per heavy atom. The third-order valence-corrected chi connectivity index (χ3v) is 4.03. The number of carbonyl (C=O) groups is 2. The van der Waals surface area contributed by atoms with E-state index in [-0.39, 0.29) is 37.3 Å². The summed E-state index contributed by atoms with van der Waals surface area (Å²) in [5.74, 6) is -3.56. The molecule has 3 N–H and O–H groups in total. The Morgan fingerprint density at radius 1 is 1.18 bits per heavy atom. The lowest BCUT2D eigenvalue weighted by molar-refractivity contribution is -0.123. The van der Waals surface area contributed by atoms with E-state index in [1.54, 1.807) is 42.6 Å². The molecule has 1 saturated heterocycles. The molecule has 0 saturated carbocycles. The van der Waals surface area contributed by atoms with Gasteiger partial charge in [0, 0.05) is 31.0 Å². The number of anilines is 1. The number of hydrogen-bond acceptors (Lipinski definition) is 4. The third kappa shape index (κ3) is 6.40. The fourth-order valence-corrected chi connectivity index (χ4v) is 2.62. The molecule has 0 aliphatic carbocycles. The second-order valence-corrected chi connectivity index (χ2v) is 6.10. The standard InChI is InChI=1S/C18H18F2N4O2.2ClH/c19-18(20)8-15(23-11-18)17(26)22-9-12-3-5-14(6-4-12)24-16(25)13-2-1-7-21-10-13;;/h1-7,10,15,23H,8-9,11H2,(H,22,26)(H,24,25);2*1H. The molecule has 1 aliphatic heterocycles. The van der Waals surface area contributed by atoms with E-state index in [1.165, 1.54) is 6.20 Å². The highest BCUT2D eigenvalue weighted by Crippen LogP contribution is 2.25. The summed E-state index contributed by atoms with van der Waals surface area (Å²) in [5.41, 5.74) is 1.85. The molecule has 0 radical (unpaired) electrons. The van der Waals surface area contributed by atoms with E-state index in [2.05, 4.69) is 20.9 Å². The fourth-order valence-electron chi connectivity index (χ4n) is 2.62. The van der Waals surface area contributed by atoms with Gasteiger partial charge in [-0.25, -0.2) is 8.78 Å². The number of rotatable bonds is 5. The van der Waals surface area contributed by atoms with Crippen molar-refractivity contribution in [2.75, 3.05) is 11.9 Å². The quantitative estimate of drug-likeness (QED) is 0.678. The molecule has 0 bridgehead atoms. The average molecular weight is 433 g/mol. The highest BCUT2D eigenvalue weighted by Gasteiger charge is 2.42. The summed E-state index contributed by atoms with van der Waals surface area (Å²) in [6.45, 7) is -0.254. The lowest BCUT2D eigenvalue weighted by atomic mass is 10.1. The first-order chi connectivity index (χ1) is 12.4. The topological polar surface area (TPSA) is 83.1 Å². The Bertz CT molecular complexity index is 792. The molecular formula is C18H20Cl2F2N4O2. The van der Waals surface area contributed by atoms with E-state index >= 15 is 0 Å². The van der Waals surface area contributed by atoms with Gasteiger partial charge in [-0.3, -0.25) is 19.9 Å². The summed E-state index contributed by atoms with van der Waals surface area (Å²) in [7, 11) is 0. The number of aromatic nitrogens is 1. The minimum atomic E-state index is -2.84. The molecule has 1 unspecified atom stereocenters. The van der Waals surface area contributed by atoms with Crippen molar-refractivity contribution in [3.63, 3.8) is 0 Å². The molecule has 10 heteroatoms.